The number of halogens is 4. The van der Waals surface area contributed by atoms with Gasteiger partial charge >= 0.3 is 6.18 Å². The first-order valence-corrected chi connectivity index (χ1v) is 8.16. The number of anilines is 2. The Kier molecular flexibility index (Phi) is 4.62. The Morgan fingerprint density at radius 3 is 2.38 bits per heavy atom. The Morgan fingerprint density at radius 2 is 1.75 bits per heavy atom. The molecule has 0 radical (unpaired) electrons. The van der Waals surface area contributed by atoms with E-state index in [1.807, 2.05) is 11.8 Å². The Labute approximate surface area is 145 Å². The molecule has 5 nitrogen and oxygen atoms in total. The van der Waals surface area contributed by atoms with E-state index in [0.717, 1.165) is 11.8 Å². The van der Waals surface area contributed by atoms with Gasteiger partial charge < -0.3 is 9.80 Å². The van der Waals surface area contributed by atoms with Crippen LogP contribution in [0.2, 0.25) is 0 Å². The quantitative estimate of drug-likeness (QED) is 0.772. The van der Waals surface area contributed by atoms with Crippen molar-refractivity contribution < 1.29 is 13.2 Å². The summed E-state index contributed by atoms with van der Waals surface area (Å²) in [6.07, 6.45) is -1.37. The van der Waals surface area contributed by atoms with Gasteiger partial charge in [-0.05, 0) is 35.0 Å². The lowest BCUT2D eigenvalue weighted by molar-refractivity contribution is -0.137. The van der Waals surface area contributed by atoms with Gasteiger partial charge in [0.2, 0.25) is 5.95 Å². The molecule has 0 spiro atoms. The number of alkyl halides is 3. The third-order valence-electron chi connectivity index (χ3n) is 3.78. The second-order valence-corrected chi connectivity index (χ2v) is 6.41. The summed E-state index contributed by atoms with van der Waals surface area (Å²) in [5, 5.41) is 0. The average Bonchev–Trinajstić information content (AvgIpc) is 2.54. The van der Waals surface area contributed by atoms with Crippen LogP contribution >= 0.6 is 15.9 Å². The minimum absolute atomic E-state index is 0.0319. The van der Waals surface area contributed by atoms with Crippen molar-refractivity contribution in [2.45, 2.75) is 13.1 Å². The van der Waals surface area contributed by atoms with E-state index < -0.39 is 11.7 Å². The summed E-state index contributed by atoms with van der Waals surface area (Å²) >= 11 is 3.05. The molecule has 0 N–H and O–H groups in total. The highest BCUT2D eigenvalue weighted by atomic mass is 79.9. The molecule has 0 aromatic carbocycles. The van der Waals surface area contributed by atoms with E-state index in [4.69, 9.17) is 0 Å². The zero-order valence-electron chi connectivity index (χ0n) is 12.9. The molecule has 0 amide bonds. The highest BCUT2D eigenvalue weighted by Gasteiger charge is 2.37. The maximum absolute atomic E-state index is 13.3. The fourth-order valence-electron chi connectivity index (χ4n) is 2.60. The second kappa shape index (κ2) is 6.54. The maximum atomic E-state index is 13.3. The molecule has 3 rings (SSSR count). The van der Waals surface area contributed by atoms with Crippen LogP contribution in [-0.4, -0.2) is 41.1 Å². The molecule has 0 atom stereocenters. The lowest BCUT2D eigenvalue weighted by Gasteiger charge is -2.36. The lowest BCUT2D eigenvalue weighted by atomic mass is 10.2. The van der Waals surface area contributed by atoms with Gasteiger partial charge in [0.05, 0.1) is 5.56 Å². The van der Waals surface area contributed by atoms with Crippen LogP contribution in [-0.2, 0) is 6.18 Å². The SMILES string of the molecule is Cc1ccnc(N2CCN(c3ncc(Br)cc3C(F)(F)F)CC2)n1. The van der Waals surface area contributed by atoms with Crippen LogP contribution in [0.15, 0.2) is 29.0 Å². The smallest absolute Gasteiger partial charge is 0.353 e. The average molecular weight is 402 g/mol. The normalized spacial score (nSPS) is 15.7. The molecule has 3 heterocycles. The molecule has 1 aliphatic rings. The van der Waals surface area contributed by atoms with Crippen LogP contribution < -0.4 is 9.80 Å². The van der Waals surface area contributed by atoms with Crippen LogP contribution in [0.1, 0.15) is 11.3 Å². The number of rotatable bonds is 2. The molecule has 1 saturated heterocycles. The summed E-state index contributed by atoms with van der Waals surface area (Å²) < 4.78 is 40.1. The molecular weight excluding hydrogens is 387 g/mol. The van der Waals surface area contributed by atoms with E-state index in [1.165, 1.54) is 6.20 Å². The van der Waals surface area contributed by atoms with Gasteiger partial charge in [-0.25, -0.2) is 15.0 Å². The van der Waals surface area contributed by atoms with Crippen molar-refractivity contribution in [1.29, 1.82) is 0 Å². The first kappa shape index (κ1) is 16.9. The van der Waals surface area contributed by atoms with Crippen molar-refractivity contribution >= 4 is 27.7 Å². The summed E-state index contributed by atoms with van der Waals surface area (Å²) in [5.74, 6) is 0.574. The molecule has 9 heteroatoms. The lowest BCUT2D eigenvalue weighted by Crippen LogP contribution is -2.48. The fraction of sp³-hybridized carbons (Fsp3) is 0.400. The fourth-order valence-corrected chi connectivity index (χ4v) is 2.93. The van der Waals surface area contributed by atoms with E-state index >= 15 is 0 Å². The van der Waals surface area contributed by atoms with Gasteiger partial charge in [-0.3, -0.25) is 0 Å². The minimum Gasteiger partial charge on any atom is -0.353 e. The van der Waals surface area contributed by atoms with Crippen molar-refractivity contribution in [2.24, 2.45) is 0 Å². The molecule has 0 bridgehead atoms. The van der Waals surface area contributed by atoms with E-state index in [1.54, 1.807) is 17.2 Å². The van der Waals surface area contributed by atoms with Crippen molar-refractivity contribution in [2.75, 3.05) is 36.0 Å². The van der Waals surface area contributed by atoms with Crippen LogP contribution in [0.4, 0.5) is 24.9 Å². The molecule has 0 unspecified atom stereocenters. The number of aryl methyl sites for hydroxylation is 1. The molecular formula is C15H15BrF3N5. The summed E-state index contributed by atoms with van der Waals surface area (Å²) in [7, 11) is 0. The summed E-state index contributed by atoms with van der Waals surface area (Å²) in [5.41, 5.74) is 0.133. The van der Waals surface area contributed by atoms with Crippen LogP contribution in [0.3, 0.4) is 0 Å². The molecule has 1 aliphatic heterocycles. The number of nitrogens with zero attached hydrogens (tertiary/aromatic N) is 5. The third-order valence-corrected chi connectivity index (χ3v) is 4.22. The molecule has 2 aromatic heterocycles. The van der Waals surface area contributed by atoms with Crippen molar-refractivity contribution in [1.82, 2.24) is 15.0 Å². The molecule has 24 heavy (non-hydrogen) atoms. The van der Waals surface area contributed by atoms with Gasteiger partial charge in [-0.2, -0.15) is 13.2 Å². The molecule has 128 valence electrons. The molecule has 2 aromatic rings. The zero-order chi connectivity index (χ0) is 17.3. The Balaban J connectivity index is 1.78. The molecule has 0 saturated carbocycles. The van der Waals surface area contributed by atoms with Gasteiger partial charge in [0, 0.05) is 48.7 Å². The predicted molar refractivity (Wildman–Crippen MR) is 88.1 cm³/mol. The van der Waals surface area contributed by atoms with Crippen molar-refractivity contribution in [3.63, 3.8) is 0 Å². The number of aromatic nitrogens is 3. The highest BCUT2D eigenvalue weighted by molar-refractivity contribution is 9.10. The molecule has 0 aliphatic carbocycles. The Bertz CT molecular complexity index is 729. The number of hydrogen-bond donors (Lipinski definition) is 0. The van der Waals surface area contributed by atoms with Crippen molar-refractivity contribution in [3.8, 4) is 0 Å². The van der Waals surface area contributed by atoms with Gasteiger partial charge in [0.15, 0.2) is 0 Å². The third kappa shape index (κ3) is 3.61. The Morgan fingerprint density at radius 1 is 1.08 bits per heavy atom. The first-order chi connectivity index (χ1) is 11.3. The van der Waals surface area contributed by atoms with Gasteiger partial charge in [-0.15, -0.1) is 0 Å². The largest absolute Gasteiger partial charge is 0.419 e. The highest BCUT2D eigenvalue weighted by Crippen LogP contribution is 2.37. The summed E-state index contributed by atoms with van der Waals surface area (Å²) in [6, 6.07) is 2.87. The number of piperazine rings is 1. The first-order valence-electron chi connectivity index (χ1n) is 7.37. The van der Waals surface area contributed by atoms with E-state index in [-0.39, 0.29) is 5.82 Å². The van der Waals surface area contributed by atoms with Gasteiger partial charge in [0.1, 0.15) is 5.82 Å². The number of hydrogen-bond acceptors (Lipinski definition) is 5. The second-order valence-electron chi connectivity index (χ2n) is 5.49. The van der Waals surface area contributed by atoms with Crippen LogP contribution in [0, 0.1) is 6.92 Å². The van der Waals surface area contributed by atoms with Crippen LogP contribution in [0.5, 0.6) is 0 Å². The summed E-state index contributed by atoms with van der Waals surface area (Å²) in [6.45, 7) is 3.81. The van der Waals surface area contributed by atoms with E-state index in [2.05, 4.69) is 30.9 Å². The summed E-state index contributed by atoms with van der Waals surface area (Å²) in [4.78, 5) is 16.2. The van der Waals surface area contributed by atoms with E-state index in [0.29, 0.717) is 36.6 Å². The van der Waals surface area contributed by atoms with E-state index in [9.17, 15) is 13.2 Å². The molecule has 1 fully saturated rings. The van der Waals surface area contributed by atoms with Gasteiger partial charge in [-0.1, -0.05) is 0 Å². The van der Waals surface area contributed by atoms with Gasteiger partial charge in [0.25, 0.3) is 0 Å². The minimum atomic E-state index is -4.44. The zero-order valence-corrected chi connectivity index (χ0v) is 14.5. The number of pyridine rings is 1. The van der Waals surface area contributed by atoms with Crippen LogP contribution in [0.25, 0.3) is 0 Å². The standard InChI is InChI=1S/C15H15BrF3N5/c1-10-2-3-20-14(22-10)24-6-4-23(5-7-24)13-12(15(17,18)19)8-11(16)9-21-13/h2-3,8-9H,4-7H2,1H3. The topological polar surface area (TPSA) is 45.2 Å². The Hall–Kier alpha value is -1.90. The predicted octanol–water partition coefficient (Wildman–Crippen LogP) is 3.29. The maximum Gasteiger partial charge on any atom is 0.419 e. The van der Waals surface area contributed by atoms with Crippen molar-refractivity contribution in [3.05, 3.63) is 40.3 Å². The monoisotopic (exact) mass is 401 g/mol.